The van der Waals surface area contributed by atoms with Gasteiger partial charge in [-0.1, -0.05) is 17.5 Å². The molecule has 0 aliphatic heterocycles. The quantitative estimate of drug-likeness (QED) is 0.429. The van der Waals surface area contributed by atoms with Crippen LogP contribution < -0.4 is 0 Å². The zero-order valence-corrected chi connectivity index (χ0v) is 8.48. The Morgan fingerprint density at radius 1 is 1.53 bits per heavy atom. The summed E-state index contributed by atoms with van der Waals surface area (Å²) in [5, 5.41) is -3.53. The van der Waals surface area contributed by atoms with Crippen LogP contribution in [0.3, 0.4) is 0 Å². The maximum atomic E-state index is 12.4. The molecule has 1 atom stereocenters. The SMILES string of the molecule is C#CCOC(Cl)(C(=O)OCC)C(F)(F)F. The molecule has 0 aromatic rings. The third kappa shape index (κ3) is 3.29. The third-order valence-corrected chi connectivity index (χ3v) is 1.73. The number of hydrogen-bond acceptors (Lipinski definition) is 3. The largest absolute Gasteiger partial charge is 0.463 e. The highest BCUT2D eigenvalue weighted by atomic mass is 35.5. The van der Waals surface area contributed by atoms with Gasteiger partial charge in [0, 0.05) is 0 Å². The van der Waals surface area contributed by atoms with Crippen molar-refractivity contribution in [2.75, 3.05) is 13.2 Å². The minimum atomic E-state index is -5.10. The summed E-state index contributed by atoms with van der Waals surface area (Å²) in [6.45, 7) is 0.345. The molecule has 0 spiro atoms. The lowest BCUT2D eigenvalue weighted by Crippen LogP contribution is -2.50. The Kier molecular flexibility index (Phi) is 4.91. The fourth-order valence-corrected chi connectivity index (χ4v) is 0.731. The van der Waals surface area contributed by atoms with Gasteiger partial charge in [0.2, 0.25) is 0 Å². The lowest BCUT2D eigenvalue weighted by atomic mass is 10.3. The van der Waals surface area contributed by atoms with Gasteiger partial charge < -0.3 is 9.47 Å². The molecular formula is C8H8ClF3O3. The first-order valence-corrected chi connectivity index (χ1v) is 4.17. The summed E-state index contributed by atoms with van der Waals surface area (Å²) in [4.78, 5) is 10.9. The molecule has 0 amide bonds. The number of carbonyl (C=O) groups excluding carboxylic acids is 1. The molecule has 0 aromatic heterocycles. The first kappa shape index (κ1) is 14.1. The topological polar surface area (TPSA) is 35.5 Å². The zero-order chi connectivity index (χ0) is 12.1. The van der Waals surface area contributed by atoms with Crippen molar-refractivity contribution in [1.82, 2.24) is 0 Å². The van der Waals surface area contributed by atoms with Crippen molar-refractivity contribution in [3.05, 3.63) is 0 Å². The number of terminal acetylenes is 1. The van der Waals surface area contributed by atoms with Crippen LogP contribution in [0.2, 0.25) is 0 Å². The Labute approximate surface area is 89.5 Å². The van der Waals surface area contributed by atoms with Crippen LogP contribution in [0.25, 0.3) is 0 Å². The van der Waals surface area contributed by atoms with E-state index in [2.05, 4.69) is 9.47 Å². The van der Waals surface area contributed by atoms with Crippen LogP contribution in [0, 0.1) is 12.3 Å². The van der Waals surface area contributed by atoms with Crippen molar-refractivity contribution in [2.24, 2.45) is 0 Å². The Bertz CT molecular complexity index is 271. The molecule has 0 bridgehead atoms. The number of carbonyl (C=O) groups is 1. The van der Waals surface area contributed by atoms with E-state index >= 15 is 0 Å². The van der Waals surface area contributed by atoms with E-state index < -0.39 is 23.8 Å². The summed E-state index contributed by atoms with van der Waals surface area (Å²) in [6, 6.07) is 0. The first-order chi connectivity index (χ1) is 6.79. The molecule has 0 radical (unpaired) electrons. The fourth-order valence-electron chi connectivity index (χ4n) is 0.622. The average Bonchev–Trinajstić information content (AvgIpc) is 2.12. The molecule has 0 aliphatic carbocycles. The number of rotatable bonds is 4. The maximum Gasteiger partial charge on any atom is 0.443 e. The van der Waals surface area contributed by atoms with E-state index in [0.717, 1.165) is 0 Å². The number of ether oxygens (including phenoxy) is 2. The van der Waals surface area contributed by atoms with E-state index in [-0.39, 0.29) is 6.61 Å². The Hall–Kier alpha value is -0.930. The van der Waals surface area contributed by atoms with Crippen LogP contribution in [0.5, 0.6) is 0 Å². The van der Waals surface area contributed by atoms with Gasteiger partial charge in [0.15, 0.2) is 0 Å². The molecule has 1 unspecified atom stereocenters. The lowest BCUT2D eigenvalue weighted by molar-refractivity contribution is -0.244. The minimum absolute atomic E-state index is 0.247. The molecule has 3 nitrogen and oxygen atoms in total. The highest BCUT2D eigenvalue weighted by molar-refractivity contribution is 6.33. The van der Waals surface area contributed by atoms with Crippen LogP contribution in [-0.4, -0.2) is 30.4 Å². The van der Waals surface area contributed by atoms with E-state index in [1.54, 1.807) is 5.92 Å². The van der Waals surface area contributed by atoms with Gasteiger partial charge >= 0.3 is 17.2 Å². The first-order valence-electron chi connectivity index (χ1n) is 3.79. The van der Waals surface area contributed by atoms with Gasteiger partial charge in [-0.15, -0.1) is 6.42 Å². The monoisotopic (exact) mass is 244 g/mol. The summed E-state index contributed by atoms with van der Waals surface area (Å²) in [6.07, 6.45) is -0.400. The van der Waals surface area contributed by atoms with Gasteiger partial charge in [0.1, 0.15) is 6.61 Å². The molecule has 0 aromatic carbocycles. The molecule has 0 saturated heterocycles. The Morgan fingerprint density at radius 3 is 2.40 bits per heavy atom. The smallest absolute Gasteiger partial charge is 0.443 e. The maximum absolute atomic E-state index is 12.4. The second-order valence-corrected chi connectivity index (χ2v) is 2.84. The summed E-state index contributed by atoms with van der Waals surface area (Å²) in [7, 11) is 0. The van der Waals surface area contributed by atoms with Crippen LogP contribution >= 0.6 is 11.6 Å². The van der Waals surface area contributed by atoms with Crippen molar-refractivity contribution >= 4 is 17.6 Å². The standard InChI is InChI=1S/C8H8ClF3O3/c1-3-5-15-7(9,8(10,11)12)6(13)14-4-2/h1H,4-5H2,2H3. The summed E-state index contributed by atoms with van der Waals surface area (Å²) >= 11 is 5.01. The Balaban J connectivity index is 4.87. The van der Waals surface area contributed by atoms with Crippen LogP contribution in [0.15, 0.2) is 0 Å². The van der Waals surface area contributed by atoms with Crippen molar-refractivity contribution in [2.45, 2.75) is 18.2 Å². The molecule has 0 fully saturated rings. The van der Waals surface area contributed by atoms with E-state index in [0.29, 0.717) is 0 Å². The zero-order valence-electron chi connectivity index (χ0n) is 7.73. The molecule has 0 heterocycles. The highest BCUT2D eigenvalue weighted by Gasteiger charge is 2.62. The van der Waals surface area contributed by atoms with Crippen LogP contribution in [-0.2, 0) is 14.3 Å². The van der Waals surface area contributed by atoms with E-state index in [1.807, 2.05) is 0 Å². The second kappa shape index (κ2) is 5.24. The van der Waals surface area contributed by atoms with Gasteiger partial charge in [0.05, 0.1) is 6.61 Å². The molecule has 0 rings (SSSR count). The lowest BCUT2D eigenvalue weighted by Gasteiger charge is -2.26. The molecule has 15 heavy (non-hydrogen) atoms. The van der Waals surface area contributed by atoms with Crippen molar-refractivity contribution in [3.63, 3.8) is 0 Å². The summed E-state index contributed by atoms with van der Waals surface area (Å²) in [5.41, 5.74) is 0. The van der Waals surface area contributed by atoms with Crippen molar-refractivity contribution < 1.29 is 27.4 Å². The number of hydrogen-bond donors (Lipinski definition) is 0. The normalized spacial score (nSPS) is 15.2. The number of alkyl halides is 4. The van der Waals surface area contributed by atoms with Gasteiger partial charge in [-0.3, -0.25) is 0 Å². The van der Waals surface area contributed by atoms with Gasteiger partial charge in [-0.25, -0.2) is 4.79 Å². The number of esters is 1. The Morgan fingerprint density at radius 2 is 2.07 bits per heavy atom. The van der Waals surface area contributed by atoms with Gasteiger partial charge in [-0.2, -0.15) is 13.2 Å². The third-order valence-electron chi connectivity index (χ3n) is 1.26. The predicted molar refractivity (Wildman–Crippen MR) is 46.1 cm³/mol. The highest BCUT2D eigenvalue weighted by Crippen LogP contribution is 2.38. The predicted octanol–water partition coefficient (Wildman–Crippen LogP) is 1.70. The molecule has 86 valence electrons. The van der Waals surface area contributed by atoms with E-state index in [1.165, 1.54) is 6.92 Å². The second-order valence-electron chi connectivity index (χ2n) is 2.31. The average molecular weight is 245 g/mol. The van der Waals surface area contributed by atoms with Gasteiger partial charge in [-0.05, 0) is 6.92 Å². The van der Waals surface area contributed by atoms with E-state index in [9.17, 15) is 18.0 Å². The minimum Gasteiger partial charge on any atom is -0.463 e. The van der Waals surface area contributed by atoms with Crippen molar-refractivity contribution in [3.8, 4) is 12.3 Å². The van der Waals surface area contributed by atoms with Crippen LogP contribution in [0.1, 0.15) is 6.92 Å². The summed E-state index contributed by atoms with van der Waals surface area (Å²) < 4.78 is 45.4. The molecular weight excluding hydrogens is 237 g/mol. The molecule has 0 aliphatic rings. The fraction of sp³-hybridized carbons (Fsp3) is 0.625. The van der Waals surface area contributed by atoms with Crippen LogP contribution in [0.4, 0.5) is 13.2 Å². The van der Waals surface area contributed by atoms with Crippen molar-refractivity contribution in [1.29, 1.82) is 0 Å². The van der Waals surface area contributed by atoms with Gasteiger partial charge in [0.25, 0.3) is 0 Å². The summed E-state index contributed by atoms with van der Waals surface area (Å²) in [5.74, 6) is 0.0506. The molecule has 0 N–H and O–H groups in total. The van der Waals surface area contributed by atoms with E-state index in [4.69, 9.17) is 18.0 Å². The molecule has 0 saturated carbocycles. The molecule has 7 heteroatoms. The number of halogens is 4.